The Balaban J connectivity index is 1.66. The largest absolute Gasteiger partial charge is 0.355 e. The maximum absolute atomic E-state index is 12.0. The monoisotopic (exact) mass is 260 g/mol. The van der Waals surface area contributed by atoms with Crippen molar-refractivity contribution in [3.63, 3.8) is 0 Å². The molecule has 0 spiro atoms. The van der Waals surface area contributed by atoms with E-state index in [1.54, 1.807) is 0 Å². The van der Waals surface area contributed by atoms with Crippen LogP contribution in [0, 0.1) is 5.92 Å². The summed E-state index contributed by atoms with van der Waals surface area (Å²) in [7, 11) is 0. The van der Waals surface area contributed by atoms with Crippen molar-refractivity contribution in [2.75, 3.05) is 13.1 Å². The van der Waals surface area contributed by atoms with Gasteiger partial charge in [-0.25, -0.2) is 0 Å². The summed E-state index contributed by atoms with van der Waals surface area (Å²) in [5.41, 5.74) is 1.33. The summed E-state index contributed by atoms with van der Waals surface area (Å²) in [4.78, 5) is 12.0. The second-order valence-corrected chi connectivity index (χ2v) is 5.43. The predicted molar refractivity (Wildman–Crippen MR) is 78.0 cm³/mol. The van der Waals surface area contributed by atoms with Crippen molar-refractivity contribution in [1.82, 2.24) is 10.6 Å². The smallest absolute Gasteiger partial charge is 0.237 e. The molecule has 2 N–H and O–H groups in total. The Kier molecular flexibility index (Phi) is 5.40. The van der Waals surface area contributed by atoms with Crippen LogP contribution in [-0.2, 0) is 11.2 Å². The van der Waals surface area contributed by atoms with Crippen LogP contribution in [0.15, 0.2) is 30.3 Å². The van der Waals surface area contributed by atoms with E-state index in [4.69, 9.17) is 0 Å². The summed E-state index contributed by atoms with van der Waals surface area (Å²) in [5, 5.41) is 6.37. The number of rotatable bonds is 5. The molecule has 0 radical (unpaired) electrons. The second-order valence-electron chi connectivity index (χ2n) is 5.43. The van der Waals surface area contributed by atoms with E-state index in [9.17, 15) is 4.79 Å². The Bertz CT molecular complexity index is 391. The molecule has 1 amide bonds. The Labute approximate surface area is 115 Å². The molecule has 1 aromatic carbocycles. The molecule has 19 heavy (non-hydrogen) atoms. The first-order valence-corrected chi connectivity index (χ1v) is 7.32. The molecule has 1 aromatic rings. The van der Waals surface area contributed by atoms with E-state index in [2.05, 4.69) is 41.8 Å². The van der Waals surface area contributed by atoms with Crippen LogP contribution in [0.25, 0.3) is 0 Å². The quantitative estimate of drug-likeness (QED) is 0.796. The van der Waals surface area contributed by atoms with E-state index in [0.717, 1.165) is 32.4 Å². The normalized spacial score (nSPS) is 23.0. The lowest BCUT2D eigenvalue weighted by molar-refractivity contribution is -0.124. The first kappa shape index (κ1) is 14.1. The summed E-state index contributed by atoms with van der Waals surface area (Å²) in [5.74, 6) is 0.614. The molecular weight excluding hydrogens is 236 g/mol. The van der Waals surface area contributed by atoms with Gasteiger partial charge in [0.2, 0.25) is 5.91 Å². The number of hydrogen-bond acceptors (Lipinski definition) is 2. The summed E-state index contributed by atoms with van der Waals surface area (Å²) in [6.45, 7) is 3.88. The van der Waals surface area contributed by atoms with E-state index in [1.165, 1.54) is 12.0 Å². The number of aryl methyl sites for hydroxylation is 1. The van der Waals surface area contributed by atoms with Crippen molar-refractivity contribution >= 4 is 5.91 Å². The van der Waals surface area contributed by atoms with Crippen LogP contribution in [0.4, 0.5) is 0 Å². The van der Waals surface area contributed by atoms with Gasteiger partial charge in [0.15, 0.2) is 0 Å². The third-order valence-corrected chi connectivity index (χ3v) is 3.84. The number of hydrogen-bond donors (Lipinski definition) is 2. The number of carbonyl (C=O) groups is 1. The van der Waals surface area contributed by atoms with Gasteiger partial charge in [-0.1, -0.05) is 37.3 Å². The Morgan fingerprint density at radius 2 is 2.16 bits per heavy atom. The third kappa shape index (κ3) is 4.35. The van der Waals surface area contributed by atoms with E-state index in [0.29, 0.717) is 5.92 Å². The molecule has 0 aromatic heterocycles. The van der Waals surface area contributed by atoms with Gasteiger partial charge >= 0.3 is 0 Å². The average Bonchev–Trinajstić information content (AvgIpc) is 2.45. The number of nitrogens with one attached hydrogen (secondary N) is 2. The van der Waals surface area contributed by atoms with Crippen LogP contribution in [0.1, 0.15) is 31.7 Å². The van der Waals surface area contributed by atoms with E-state index in [-0.39, 0.29) is 11.9 Å². The van der Waals surface area contributed by atoms with Crippen LogP contribution in [-0.4, -0.2) is 25.0 Å². The summed E-state index contributed by atoms with van der Waals surface area (Å²) in [6, 6.07) is 10.4. The van der Waals surface area contributed by atoms with E-state index >= 15 is 0 Å². The molecule has 2 atom stereocenters. The molecule has 2 rings (SSSR count). The molecule has 0 bridgehead atoms. The van der Waals surface area contributed by atoms with Gasteiger partial charge in [-0.2, -0.15) is 0 Å². The van der Waals surface area contributed by atoms with Gasteiger partial charge in [0, 0.05) is 6.54 Å². The molecule has 0 aliphatic carbocycles. The highest BCUT2D eigenvalue weighted by Gasteiger charge is 2.26. The molecule has 1 fully saturated rings. The van der Waals surface area contributed by atoms with E-state index < -0.39 is 0 Å². The molecular formula is C16H24N2O. The number of piperidine rings is 1. The Hall–Kier alpha value is -1.35. The van der Waals surface area contributed by atoms with Gasteiger partial charge in [-0.15, -0.1) is 0 Å². The summed E-state index contributed by atoms with van der Waals surface area (Å²) in [6.07, 6.45) is 4.35. The van der Waals surface area contributed by atoms with Crippen LogP contribution >= 0.6 is 0 Å². The minimum Gasteiger partial charge on any atom is -0.355 e. The molecule has 2 unspecified atom stereocenters. The van der Waals surface area contributed by atoms with Crippen LogP contribution in [0.2, 0.25) is 0 Å². The fourth-order valence-electron chi connectivity index (χ4n) is 2.66. The molecule has 1 aliphatic heterocycles. The lowest BCUT2D eigenvalue weighted by atomic mass is 9.92. The van der Waals surface area contributed by atoms with Crippen molar-refractivity contribution in [1.29, 1.82) is 0 Å². The molecule has 1 saturated heterocycles. The fourth-order valence-corrected chi connectivity index (χ4v) is 2.66. The summed E-state index contributed by atoms with van der Waals surface area (Å²) >= 11 is 0. The molecule has 1 heterocycles. The fraction of sp³-hybridized carbons (Fsp3) is 0.562. The van der Waals surface area contributed by atoms with Gasteiger partial charge in [-0.3, -0.25) is 4.79 Å². The van der Waals surface area contributed by atoms with Gasteiger partial charge in [-0.05, 0) is 43.7 Å². The van der Waals surface area contributed by atoms with Crippen molar-refractivity contribution in [2.24, 2.45) is 5.92 Å². The maximum Gasteiger partial charge on any atom is 0.237 e. The highest BCUT2D eigenvalue weighted by atomic mass is 16.2. The summed E-state index contributed by atoms with van der Waals surface area (Å²) < 4.78 is 0. The lowest BCUT2D eigenvalue weighted by Gasteiger charge is -2.28. The first-order valence-electron chi connectivity index (χ1n) is 7.32. The molecule has 3 heteroatoms. The van der Waals surface area contributed by atoms with Crippen molar-refractivity contribution in [3.05, 3.63) is 35.9 Å². The molecule has 3 nitrogen and oxygen atoms in total. The molecule has 1 aliphatic rings. The SMILES string of the molecule is CC1CCCNC1C(=O)NCCCc1ccccc1. The average molecular weight is 260 g/mol. The topological polar surface area (TPSA) is 41.1 Å². The van der Waals surface area contributed by atoms with Gasteiger partial charge in [0.25, 0.3) is 0 Å². The van der Waals surface area contributed by atoms with Gasteiger partial charge in [0.1, 0.15) is 0 Å². The third-order valence-electron chi connectivity index (χ3n) is 3.84. The number of carbonyl (C=O) groups excluding carboxylic acids is 1. The predicted octanol–water partition coefficient (Wildman–Crippen LogP) is 2.12. The highest BCUT2D eigenvalue weighted by molar-refractivity contribution is 5.82. The minimum absolute atomic E-state index is 0.00507. The van der Waals surface area contributed by atoms with Gasteiger partial charge in [0.05, 0.1) is 6.04 Å². The van der Waals surface area contributed by atoms with Gasteiger partial charge < -0.3 is 10.6 Å². The lowest BCUT2D eigenvalue weighted by Crippen LogP contribution is -2.51. The van der Waals surface area contributed by atoms with Crippen molar-refractivity contribution in [2.45, 2.75) is 38.6 Å². The Morgan fingerprint density at radius 1 is 1.37 bits per heavy atom. The van der Waals surface area contributed by atoms with Crippen LogP contribution < -0.4 is 10.6 Å². The zero-order valence-electron chi connectivity index (χ0n) is 11.7. The first-order chi connectivity index (χ1) is 9.27. The Morgan fingerprint density at radius 3 is 2.89 bits per heavy atom. The molecule has 0 saturated carbocycles. The second kappa shape index (κ2) is 7.29. The highest BCUT2D eigenvalue weighted by Crippen LogP contribution is 2.15. The maximum atomic E-state index is 12.0. The van der Waals surface area contributed by atoms with E-state index in [1.807, 2.05) is 6.07 Å². The van der Waals surface area contributed by atoms with Crippen molar-refractivity contribution in [3.8, 4) is 0 Å². The molecule has 104 valence electrons. The zero-order valence-corrected chi connectivity index (χ0v) is 11.7. The van der Waals surface area contributed by atoms with Crippen LogP contribution in [0.3, 0.4) is 0 Å². The standard InChI is InChI=1S/C16H24N2O/c1-13-7-5-11-17-15(13)16(19)18-12-6-10-14-8-3-2-4-9-14/h2-4,8-9,13,15,17H,5-7,10-12H2,1H3,(H,18,19). The number of amides is 1. The van der Waals surface area contributed by atoms with Crippen LogP contribution in [0.5, 0.6) is 0 Å². The van der Waals surface area contributed by atoms with Crippen molar-refractivity contribution < 1.29 is 4.79 Å². The minimum atomic E-state index is 0.00507. The zero-order chi connectivity index (χ0) is 13.5. The number of benzene rings is 1.